The number of rotatable bonds is 4. The number of carbonyl (C=O) groups is 2. The van der Waals surface area contributed by atoms with E-state index in [-0.39, 0.29) is 22.0 Å². The van der Waals surface area contributed by atoms with Crippen LogP contribution in [0.3, 0.4) is 0 Å². The molecule has 1 N–H and O–H groups in total. The molecule has 1 aliphatic heterocycles. The average molecular weight is 460 g/mol. The molecule has 0 radical (unpaired) electrons. The van der Waals surface area contributed by atoms with Gasteiger partial charge in [-0.05, 0) is 42.8 Å². The van der Waals surface area contributed by atoms with Crippen LogP contribution < -0.4 is 9.64 Å². The summed E-state index contributed by atoms with van der Waals surface area (Å²) in [6.45, 7) is 1.71. The van der Waals surface area contributed by atoms with Crippen molar-refractivity contribution in [3.05, 3.63) is 75.0 Å². The molecule has 1 aliphatic rings. The lowest BCUT2D eigenvalue weighted by atomic mass is 9.95. The van der Waals surface area contributed by atoms with Gasteiger partial charge in [0.05, 0.1) is 24.3 Å². The summed E-state index contributed by atoms with van der Waals surface area (Å²) in [6.07, 6.45) is 0. The van der Waals surface area contributed by atoms with Crippen molar-refractivity contribution in [1.82, 2.24) is 10.2 Å². The van der Waals surface area contributed by atoms with Gasteiger partial charge in [-0.1, -0.05) is 35.1 Å². The molecule has 1 atom stereocenters. The number of Topliss-reactive ketones (excluding diaryl/α,β-unsaturated/α-hetero) is 1. The third-order valence-electron chi connectivity index (χ3n) is 4.77. The van der Waals surface area contributed by atoms with E-state index in [2.05, 4.69) is 10.2 Å². The number of hydrogen-bond acceptors (Lipinski definition) is 7. The number of halogens is 2. The number of carbonyl (C=O) groups excluding carboxylic acids is 2. The van der Waals surface area contributed by atoms with Gasteiger partial charge in [-0.2, -0.15) is 0 Å². The zero-order valence-corrected chi connectivity index (χ0v) is 17.9. The molecule has 1 saturated heterocycles. The summed E-state index contributed by atoms with van der Waals surface area (Å²) in [5, 5.41) is 20.2. The molecule has 0 unspecified atom stereocenters. The summed E-state index contributed by atoms with van der Waals surface area (Å²) >= 11 is 7.12. The van der Waals surface area contributed by atoms with Gasteiger partial charge in [0, 0.05) is 5.02 Å². The largest absolute Gasteiger partial charge is 0.507 e. The summed E-state index contributed by atoms with van der Waals surface area (Å²) in [5.41, 5.74) is 0.241. The predicted molar refractivity (Wildman–Crippen MR) is 114 cm³/mol. The van der Waals surface area contributed by atoms with Crippen molar-refractivity contribution in [2.45, 2.75) is 13.0 Å². The van der Waals surface area contributed by atoms with E-state index >= 15 is 0 Å². The lowest BCUT2D eigenvalue weighted by Gasteiger charge is -2.22. The third-order valence-corrected chi connectivity index (χ3v) is 5.86. The Morgan fingerprint density at radius 3 is 2.52 bits per heavy atom. The van der Waals surface area contributed by atoms with Gasteiger partial charge < -0.3 is 9.84 Å². The van der Waals surface area contributed by atoms with Crippen LogP contribution in [0.25, 0.3) is 5.76 Å². The zero-order chi connectivity index (χ0) is 22.3. The summed E-state index contributed by atoms with van der Waals surface area (Å²) in [6, 6.07) is 8.98. The molecule has 7 nitrogen and oxygen atoms in total. The van der Waals surface area contributed by atoms with Crippen LogP contribution in [-0.4, -0.2) is 34.1 Å². The van der Waals surface area contributed by atoms with Crippen LogP contribution in [0, 0.1) is 12.7 Å². The fraction of sp³-hybridized carbons (Fsp3) is 0.143. The summed E-state index contributed by atoms with van der Waals surface area (Å²) in [7, 11) is 1.35. The number of ketones is 1. The Labute approximate surface area is 185 Å². The minimum absolute atomic E-state index is 0.0482. The van der Waals surface area contributed by atoms with Crippen LogP contribution in [0.5, 0.6) is 5.75 Å². The highest BCUT2D eigenvalue weighted by molar-refractivity contribution is 7.15. The van der Waals surface area contributed by atoms with E-state index in [4.69, 9.17) is 16.3 Å². The number of benzene rings is 2. The molecule has 3 aromatic rings. The molecule has 0 spiro atoms. The number of aromatic nitrogens is 2. The van der Waals surface area contributed by atoms with Gasteiger partial charge in [-0.25, -0.2) is 4.39 Å². The van der Waals surface area contributed by atoms with Gasteiger partial charge in [0.1, 0.15) is 22.3 Å². The second-order valence-electron chi connectivity index (χ2n) is 6.67. The van der Waals surface area contributed by atoms with Crippen LogP contribution >= 0.6 is 22.9 Å². The second kappa shape index (κ2) is 8.09. The van der Waals surface area contributed by atoms with Crippen molar-refractivity contribution < 1.29 is 23.8 Å². The van der Waals surface area contributed by atoms with E-state index in [1.54, 1.807) is 31.2 Å². The lowest BCUT2D eigenvalue weighted by molar-refractivity contribution is -0.132. The van der Waals surface area contributed by atoms with E-state index in [0.29, 0.717) is 15.6 Å². The Bertz CT molecular complexity index is 1230. The molecular formula is C21H15ClFN3O4S. The normalized spacial score (nSPS) is 17.9. The zero-order valence-electron chi connectivity index (χ0n) is 16.3. The molecule has 1 fully saturated rings. The molecule has 0 saturated carbocycles. The molecule has 4 rings (SSSR count). The van der Waals surface area contributed by atoms with Gasteiger partial charge >= 0.3 is 5.91 Å². The number of methoxy groups -OCH3 is 1. The first-order chi connectivity index (χ1) is 14.8. The van der Waals surface area contributed by atoms with Gasteiger partial charge in [-0.15, -0.1) is 10.2 Å². The Hall–Kier alpha value is -3.30. The molecule has 158 valence electrons. The van der Waals surface area contributed by atoms with Gasteiger partial charge in [0.25, 0.3) is 5.78 Å². The van der Waals surface area contributed by atoms with E-state index in [1.165, 1.54) is 18.1 Å². The topological polar surface area (TPSA) is 92.6 Å². The van der Waals surface area contributed by atoms with Crippen molar-refractivity contribution >= 4 is 45.5 Å². The van der Waals surface area contributed by atoms with E-state index in [1.807, 2.05) is 0 Å². The number of hydrogen-bond donors (Lipinski definition) is 1. The van der Waals surface area contributed by atoms with Crippen molar-refractivity contribution in [3.63, 3.8) is 0 Å². The number of aryl methyl sites for hydroxylation is 1. The number of aliphatic hydroxyl groups excluding tert-OH is 1. The van der Waals surface area contributed by atoms with E-state index in [0.717, 1.165) is 23.5 Å². The molecule has 0 aliphatic carbocycles. The predicted octanol–water partition coefficient (Wildman–Crippen LogP) is 4.27. The van der Waals surface area contributed by atoms with Gasteiger partial charge in [0.15, 0.2) is 0 Å². The van der Waals surface area contributed by atoms with Gasteiger partial charge in [0.2, 0.25) is 5.13 Å². The fourth-order valence-electron chi connectivity index (χ4n) is 3.38. The Balaban J connectivity index is 1.98. The Morgan fingerprint density at radius 1 is 1.19 bits per heavy atom. The molecular weight excluding hydrogens is 445 g/mol. The Kier molecular flexibility index (Phi) is 5.47. The standard InChI is InChI=1S/C21H15ClFN3O4S/c1-10-24-25-21(31-10)26-17(11-3-5-12(22)6-4-11)16(19(28)20(26)29)18(27)14-9-13(23)7-8-15(14)30-2/h3-9,17,27H,1-2H3/b18-16+/t17-/m0/s1. The molecule has 2 aromatic carbocycles. The number of nitrogens with zero attached hydrogens (tertiary/aromatic N) is 3. The lowest BCUT2D eigenvalue weighted by Crippen LogP contribution is -2.29. The number of anilines is 1. The van der Waals surface area contributed by atoms with Crippen LogP contribution in [-0.2, 0) is 9.59 Å². The molecule has 10 heteroatoms. The maximum atomic E-state index is 13.9. The number of aliphatic hydroxyl groups is 1. The fourth-order valence-corrected chi connectivity index (χ4v) is 4.22. The first kappa shape index (κ1) is 21.0. The third kappa shape index (κ3) is 3.66. The van der Waals surface area contributed by atoms with Crippen LogP contribution in [0.2, 0.25) is 5.02 Å². The monoisotopic (exact) mass is 459 g/mol. The highest BCUT2D eigenvalue weighted by Crippen LogP contribution is 2.44. The number of ether oxygens (including phenoxy) is 1. The minimum Gasteiger partial charge on any atom is -0.507 e. The smallest absolute Gasteiger partial charge is 0.301 e. The minimum atomic E-state index is -1.02. The van der Waals surface area contributed by atoms with Crippen molar-refractivity contribution in [2.24, 2.45) is 0 Å². The quantitative estimate of drug-likeness (QED) is 0.356. The van der Waals surface area contributed by atoms with Crippen LogP contribution in [0.15, 0.2) is 48.0 Å². The molecule has 31 heavy (non-hydrogen) atoms. The summed E-state index contributed by atoms with van der Waals surface area (Å²) in [4.78, 5) is 27.2. The average Bonchev–Trinajstić information content (AvgIpc) is 3.29. The molecule has 0 bridgehead atoms. The highest BCUT2D eigenvalue weighted by atomic mass is 35.5. The molecule has 1 aromatic heterocycles. The van der Waals surface area contributed by atoms with Crippen molar-refractivity contribution in [2.75, 3.05) is 12.0 Å². The number of amides is 1. The molecule has 2 heterocycles. The summed E-state index contributed by atoms with van der Waals surface area (Å²) < 4.78 is 19.1. The first-order valence-corrected chi connectivity index (χ1v) is 10.2. The van der Waals surface area contributed by atoms with Crippen molar-refractivity contribution in [1.29, 1.82) is 0 Å². The summed E-state index contributed by atoms with van der Waals surface area (Å²) in [5.74, 6) is -2.87. The maximum absolute atomic E-state index is 13.9. The van der Waals surface area contributed by atoms with Gasteiger partial charge in [-0.3, -0.25) is 14.5 Å². The maximum Gasteiger partial charge on any atom is 0.301 e. The molecule has 1 amide bonds. The van der Waals surface area contributed by atoms with Crippen LogP contribution in [0.4, 0.5) is 9.52 Å². The SMILES string of the molecule is COc1ccc(F)cc1/C(O)=C1\C(=O)C(=O)N(c2nnc(C)s2)[C@H]1c1ccc(Cl)cc1. The first-order valence-electron chi connectivity index (χ1n) is 9.02. The Morgan fingerprint density at radius 2 is 1.90 bits per heavy atom. The second-order valence-corrected chi connectivity index (χ2v) is 8.27. The van der Waals surface area contributed by atoms with Crippen LogP contribution in [0.1, 0.15) is 22.2 Å². The van der Waals surface area contributed by atoms with E-state index < -0.39 is 29.3 Å². The highest BCUT2D eigenvalue weighted by Gasteiger charge is 2.48. The van der Waals surface area contributed by atoms with Crippen molar-refractivity contribution in [3.8, 4) is 5.75 Å². The van der Waals surface area contributed by atoms with E-state index in [9.17, 15) is 19.1 Å².